The number of amides is 1. The standard InChI is InChI=1S/C10H20N2O/c1-7(2)10(13)12(3)6-8-4-9(11)5-8/h7-9H,4-6,11H2,1-3H3. The fraction of sp³-hybridized carbons (Fsp3) is 0.900. The molecule has 0 bridgehead atoms. The molecule has 1 rings (SSSR count). The molecule has 0 radical (unpaired) electrons. The van der Waals surface area contributed by atoms with E-state index >= 15 is 0 Å². The molecule has 0 aromatic heterocycles. The number of nitrogens with two attached hydrogens (primary N) is 1. The van der Waals surface area contributed by atoms with Gasteiger partial charge in [-0.3, -0.25) is 4.79 Å². The normalized spacial score (nSPS) is 27.2. The Hall–Kier alpha value is -0.570. The molecule has 0 aromatic carbocycles. The number of rotatable bonds is 3. The number of carbonyl (C=O) groups excluding carboxylic acids is 1. The molecule has 0 saturated heterocycles. The van der Waals surface area contributed by atoms with Gasteiger partial charge in [0.25, 0.3) is 0 Å². The van der Waals surface area contributed by atoms with Crippen molar-refractivity contribution in [1.29, 1.82) is 0 Å². The van der Waals surface area contributed by atoms with Crippen LogP contribution in [0.2, 0.25) is 0 Å². The van der Waals surface area contributed by atoms with Gasteiger partial charge in [-0.15, -0.1) is 0 Å². The second-order valence-corrected chi connectivity index (χ2v) is 4.47. The third-order valence-electron chi connectivity index (χ3n) is 2.67. The van der Waals surface area contributed by atoms with Gasteiger partial charge in [-0.25, -0.2) is 0 Å². The van der Waals surface area contributed by atoms with E-state index in [0.29, 0.717) is 12.0 Å². The Bertz CT molecular complexity index is 185. The molecule has 1 saturated carbocycles. The summed E-state index contributed by atoms with van der Waals surface area (Å²) in [5.74, 6) is 0.988. The Kier molecular flexibility index (Phi) is 3.31. The summed E-state index contributed by atoms with van der Waals surface area (Å²) in [4.78, 5) is 13.3. The van der Waals surface area contributed by atoms with Crippen LogP contribution in [0.15, 0.2) is 0 Å². The van der Waals surface area contributed by atoms with Crippen LogP contribution in [0.25, 0.3) is 0 Å². The zero-order valence-corrected chi connectivity index (χ0v) is 8.79. The lowest BCUT2D eigenvalue weighted by molar-refractivity contribution is -0.134. The Balaban J connectivity index is 2.25. The molecule has 0 spiro atoms. The fourth-order valence-corrected chi connectivity index (χ4v) is 1.85. The Morgan fingerprint density at radius 3 is 2.46 bits per heavy atom. The van der Waals surface area contributed by atoms with Gasteiger partial charge in [0.1, 0.15) is 0 Å². The van der Waals surface area contributed by atoms with E-state index in [2.05, 4.69) is 0 Å². The van der Waals surface area contributed by atoms with E-state index in [1.807, 2.05) is 25.8 Å². The zero-order valence-electron chi connectivity index (χ0n) is 8.79. The molecule has 3 nitrogen and oxygen atoms in total. The summed E-state index contributed by atoms with van der Waals surface area (Å²) < 4.78 is 0. The minimum absolute atomic E-state index is 0.110. The summed E-state index contributed by atoms with van der Waals surface area (Å²) in [6.45, 7) is 4.75. The number of carbonyl (C=O) groups is 1. The van der Waals surface area contributed by atoms with Gasteiger partial charge in [0.05, 0.1) is 0 Å². The van der Waals surface area contributed by atoms with Gasteiger partial charge in [0.15, 0.2) is 0 Å². The summed E-state index contributed by atoms with van der Waals surface area (Å²) in [7, 11) is 1.88. The van der Waals surface area contributed by atoms with Crippen LogP contribution in [0.1, 0.15) is 26.7 Å². The summed E-state index contributed by atoms with van der Waals surface area (Å²) in [5.41, 5.74) is 5.68. The monoisotopic (exact) mass is 184 g/mol. The maximum absolute atomic E-state index is 11.5. The van der Waals surface area contributed by atoms with Crippen molar-refractivity contribution in [3.05, 3.63) is 0 Å². The third-order valence-corrected chi connectivity index (χ3v) is 2.67. The van der Waals surface area contributed by atoms with Gasteiger partial charge in [-0.1, -0.05) is 13.8 Å². The molecular weight excluding hydrogens is 164 g/mol. The molecular formula is C10H20N2O. The van der Waals surface area contributed by atoms with Gasteiger partial charge in [0, 0.05) is 25.6 Å². The highest BCUT2D eigenvalue weighted by molar-refractivity contribution is 5.77. The predicted molar refractivity (Wildman–Crippen MR) is 53.2 cm³/mol. The predicted octanol–water partition coefficient (Wildman–Crippen LogP) is 0.838. The summed E-state index contributed by atoms with van der Waals surface area (Å²) in [6, 6.07) is 0.382. The van der Waals surface area contributed by atoms with Gasteiger partial charge < -0.3 is 10.6 Å². The fourth-order valence-electron chi connectivity index (χ4n) is 1.85. The molecule has 1 fully saturated rings. The summed E-state index contributed by atoms with van der Waals surface area (Å²) in [6.07, 6.45) is 2.16. The van der Waals surface area contributed by atoms with Crippen molar-refractivity contribution < 1.29 is 4.79 Å². The van der Waals surface area contributed by atoms with Crippen molar-refractivity contribution in [1.82, 2.24) is 4.90 Å². The van der Waals surface area contributed by atoms with Crippen LogP contribution < -0.4 is 5.73 Å². The molecule has 3 heteroatoms. The van der Waals surface area contributed by atoms with E-state index in [1.54, 1.807) is 0 Å². The van der Waals surface area contributed by atoms with Crippen molar-refractivity contribution in [3.8, 4) is 0 Å². The smallest absolute Gasteiger partial charge is 0.224 e. The van der Waals surface area contributed by atoms with Crippen molar-refractivity contribution in [2.45, 2.75) is 32.7 Å². The second-order valence-electron chi connectivity index (χ2n) is 4.47. The molecule has 1 aliphatic carbocycles. The summed E-state index contributed by atoms with van der Waals surface area (Å²) >= 11 is 0. The van der Waals surface area contributed by atoms with Crippen molar-refractivity contribution in [3.63, 3.8) is 0 Å². The van der Waals surface area contributed by atoms with E-state index in [-0.39, 0.29) is 11.8 Å². The maximum Gasteiger partial charge on any atom is 0.224 e. The van der Waals surface area contributed by atoms with Crippen molar-refractivity contribution in [2.75, 3.05) is 13.6 Å². The first-order chi connectivity index (χ1) is 6.00. The Morgan fingerprint density at radius 1 is 1.54 bits per heavy atom. The van der Waals surface area contributed by atoms with E-state index in [1.165, 1.54) is 0 Å². The first kappa shape index (κ1) is 10.5. The van der Waals surface area contributed by atoms with E-state index < -0.39 is 0 Å². The lowest BCUT2D eigenvalue weighted by atomic mass is 9.80. The minimum atomic E-state index is 0.110. The first-order valence-corrected chi connectivity index (χ1v) is 5.01. The third kappa shape index (κ3) is 2.69. The van der Waals surface area contributed by atoms with E-state index in [0.717, 1.165) is 19.4 Å². The van der Waals surface area contributed by atoms with Crippen LogP contribution in [0.4, 0.5) is 0 Å². The molecule has 76 valence electrons. The largest absolute Gasteiger partial charge is 0.345 e. The van der Waals surface area contributed by atoms with Crippen LogP contribution >= 0.6 is 0 Å². The summed E-state index contributed by atoms with van der Waals surface area (Å²) in [5, 5.41) is 0. The molecule has 2 N–H and O–H groups in total. The second kappa shape index (κ2) is 4.09. The van der Waals surface area contributed by atoms with Crippen LogP contribution in [0, 0.1) is 11.8 Å². The molecule has 0 heterocycles. The minimum Gasteiger partial charge on any atom is -0.345 e. The van der Waals surface area contributed by atoms with Crippen LogP contribution in [-0.4, -0.2) is 30.4 Å². The average molecular weight is 184 g/mol. The molecule has 0 aromatic rings. The molecule has 0 atom stereocenters. The van der Waals surface area contributed by atoms with Gasteiger partial charge in [0.2, 0.25) is 5.91 Å². The number of hydrogen-bond acceptors (Lipinski definition) is 2. The number of nitrogens with zero attached hydrogens (tertiary/aromatic N) is 1. The van der Waals surface area contributed by atoms with Gasteiger partial charge in [-0.2, -0.15) is 0 Å². The highest BCUT2D eigenvalue weighted by atomic mass is 16.2. The van der Waals surface area contributed by atoms with E-state index in [9.17, 15) is 4.79 Å². The SMILES string of the molecule is CC(C)C(=O)N(C)CC1CC(N)C1. The van der Waals surface area contributed by atoms with Crippen LogP contribution in [0.3, 0.4) is 0 Å². The van der Waals surface area contributed by atoms with Crippen LogP contribution in [-0.2, 0) is 4.79 Å². The number of hydrogen-bond donors (Lipinski definition) is 1. The zero-order chi connectivity index (χ0) is 10.0. The average Bonchev–Trinajstić information content (AvgIpc) is 2.00. The van der Waals surface area contributed by atoms with Crippen molar-refractivity contribution >= 4 is 5.91 Å². The molecule has 0 aliphatic heterocycles. The van der Waals surface area contributed by atoms with Gasteiger partial charge >= 0.3 is 0 Å². The lowest BCUT2D eigenvalue weighted by Crippen LogP contribution is -2.44. The lowest BCUT2D eigenvalue weighted by Gasteiger charge is -2.35. The molecule has 0 unspecified atom stereocenters. The Morgan fingerprint density at radius 2 is 2.08 bits per heavy atom. The highest BCUT2D eigenvalue weighted by Crippen LogP contribution is 2.26. The Labute approximate surface area is 80.3 Å². The molecule has 1 amide bonds. The van der Waals surface area contributed by atoms with Crippen molar-refractivity contribution in [2.24, 2.45) is 17.6 Å². The first-order valence-electron chi connectivity index (χ1n) is 5.01. The highest BCUT2D eigenvalue weighted by Gasteiger charge is 2.28. The van der Waals surface area contributed by atoms with Gasteiger partial charge in [-0.05, 0) is 18.8 Å². The quantitative estimate of drug-likeness (QED) is 0.706. The van der Waals surface area contributed by atoms with E-state index in [4.69, 9.17) is 5.73 Å². The maximum atomic E-state index is 11.5. The topological polar surface area (TPSA) is 46.3 Å². The molecule has 13 heavy (non-hydrogen) atoms. The molecule has 1 aliphatic rings. The van der Waals surface area contributed by atoms with Crippen LogP contribution in [0.5, 0.6) is 0 Å².